The Balaban J connectivity index is 1.16. The largest absolute Gasteiger partial charge is 0.480 e. The van der Waals surface area contributed by atoms with E-state index in [4.69, 9.17) is 14.6 Å². The van der Waals surface area contributed by atoms with Crippen molar-refractivity contribution in [2.24, 2.45) is 0 Å². The highest BCUT2D eigenvalue weighted by molar-refractivity contribution is 5.84. The van der Waals surface area contributed by atoms with Crippen molar-refractivity contribution in [3.8, 4) is 11.1 Å². The first-order chi connectivity index (χ1) is 16.8. The average Bonchev–Trinajstić information content (AvgIpc) is 3.34. The minimum atomic E-state index is -3.22. The number of nitrogens with zero attached hydrogens (tertiary/aromatic N) is 1. The summed E-state index contributed by atoms with van der Waals surface area (Å²) in [5.41, 5.74) is 4.48. The number of carboxylic acids is 1. The van der Waals surface area contributed by atoms with E-state index in [1.807, 2.05) is 48.5 Å². The summed E-state index contributed by atoms with van der Waals surface area (Å²) in [5, 5.41) is 11.6. The molecule has 0 aromatic heterocycles. The molecule has 2 amide bonds. The van der Waals surface area contributed by atoms with Gasteiger partial charge in [-0.3, -0.25) is 4.79 Å². The highest BCUT2D eigenvalue weighted by Gasteiger charge is 2.49. The van der Waals surface area contributed by atoms with Crippen LogP contribution in [-0.2, 0) is 19.1 Å². The number of carbonyl (C=O) groups excluding carboxylic acids is 2. The molecule has 1 unspecified atom stereocenters. The Morgan fingerprint density at radius 2 is 1.66 bits per heavy atom. The maximum Gasteiger partial charge on any atom is 0.407 e. The van der Waals surface area contributed by atoms with E-state index < -0.39 is 42.9 Å². The Kier molecular flexibility index (Phi) is 7.30. The number of carbonyl (C=O) groups is 3. The van der Waals surface area contributed by atoms with Gasteiger partial charge >= 0.3 is 12.1 Å². The molecule has 2 N–H and O–H groups in total. The molecule has 1 atom stereocenters. The van der Waals surface area contributed by atoms with Crippen LogP contribution >= 0.6 is 0 Å². The highest BCUT2D eigenvalue weighted by Crippen LogP contribution is 2.44. The molecular formula is C25H26F2N2O6. The number of rotatable bonds is 9. The molecule has 0 spiro atoms. The number of carboxylic acid groups (broad SMARTS) is 1. The fraction of sp³-hybridized carbons (Fsp3) is 0.400. The Morgan fingerprint density at radius 1 is 1.03 bits per heavy atom. The summed E-state index contributed by atoms with van der Waals surface area (Å²) in [6, 6.07) is 14.5. The predicted octanol–water partition coefficient (Wildman–Crippen LogP) is 3.25. The third-order valence-electron chi connectivity index (χ3n) is 6.19. The zero-order valence-electron chi connectivity index (χ0n) is 18.9. The lowest BCUT2D eigenvalue weighted by molar-refractivity contribution is -0.148. The summed E-state index contributed by atoms with van der Waals surface area (Å²) >= 11 is 0. The Labute approximate surface area is 200 Å². The van der Waals surface area contributed by atoms with E-state index in [-0.39, 0.29) is 38.7 Å². The van der Waals surface area contributed by atoms with Gasteiger partial charge in [0.15, 0.2) is 0 Å². The SMILES string of the molecule is O=C(NCCOCCC(=O)N1CC(F)(F)CC1C(=O)O)OCC1c2ccccc2-c2ccccc21. The number of amides is 2. The molecule has 0 saturated carbocycles. The first kappa shape index (κ1) is 24.6. The van der Waals surface area contributed by atoms with E-state index in [0.29, 0.717) is 4.90 Å². The van der Waals surface area contributed by atoms with Gasteiger partial charge < -0.3 is 24.8 Å². The van der Waals surface area contributed by atoms with Crippen molar-refractivity contribution in [1.29, 1.82) is 0 Å². The lowest BCUT2D eigenvalue weighted by Gasteiger charge is -2.20. The Morgan fingerprint density at radius 3 is 2.29 bits per heavy atom. The summed E-state index contributed by atoms with van der Waals surface area (Å²) in [6.45, 7) is -0.605. The standard InChI is InChI=1S/C25H26F2N2O6/c26-25(27)13-21(23(31)32)29(15-25)22(30)9-11-34-12-10-28-24(33)35-14-20-18-7-3-1-5-16(18)17-6-2-4-8-19(17)20/h1-8,20-21H,9-15H2,(H,28,33)(H,31,32). The van der Waals surface area contributed by atoms with Gasteiger partial charge in [0.05, 0.1) is 26.2 Å². The number of alkyl carbamates (subject to hydrolysis) is 1. The number of nitrogens with one attached hydrogen (secondary N) is 1. The molecule has 8 nitrogen and oxygen atoms in total. The van der Waals surface area contributed by atoms with Crippen molar-refractivity contribution in [1.82, 2.24) is 10.2 Å². The van der Waals surface area contributed by atoms with Crippen molar-refractivity contribution in [2.45, 2.75) is 30.7 Å². The molecule has 186 valence electrons. The van der Waals surface area contributed by atoms with Crippen LogP contribution in [0, 0.1) is 0 Å². The second-order valence-corrected chi connectivity index (χ2v) is 8.55. The van der Waals surface area contributed by atoms with Gasteiger partial charge in [0.25, 0.3) is 5.92 Å². The minimum Gasteiger partial charge on any atom is -0.480 e. The van der Waals surface area contributed by atoms with Gasteiger partial charge in [-0.1, -0.05) is 48.5 Å². The van der Waals surface area contributed by atoms with Crippen LogP contribution in [0.2, 0.25) is 0 Å². The van der Waals surface area contributed by atoms with Crippen LogP contribution in [-0.4, -0.2) is 72.9 Å². The number of ether oxygens (including phenoxy) is 2. The van der Waals surface area contributed by atoms with Gasteiger partial charge in [-0.2, -0.15) is 0 Å². The molecule has 1 saturated heterocycles. The fourth-order valence-corrected chi connectivity index (χ4v) is 4.58. The summed E-state index contributed by atoms with van der Waals surface area (Å²) in [4.78, 5) is 36.1. The van der Waals surface area contributed by atoms with E-state index in [1.54, 1.807) is 0 Å². The zero-order chi connectivity index (χ0) is 25.0. The molecule has 4 rings (SSSR count). The molecule has 1 aliphatic heterocycles. The van der Waals surface area contributed by atoms with Crippen molar-refractivity contribution >= 4 is 18.0 Å². The van der Waals surface area contributed by atoms with E-state index in [9.17, 15) is 23.2 Å². The Hall–Kier alpha value is -3.53. The molecule has 0 radical (unpaired) electrons. The van der Waals surface area contributed by atoms with Gasteiger partial charge in [0.1, 0.15) is 12.6 Å². The zero-order valence-corrected chi connectivity index (χ0v) is 18.9. The maximum atomic E-state index is 13.5. The van der Waals surface area contributed by atoms with Crippen LogP contribution in [0.3, 0.4) is 0 Å². The number of fused-ring (bicyclic) bond motifs is 3. The lowest BCUT2D eigenvalue weighted by atomic mass is 9.98. The van der Waals surface area contributed by atoms with Gasteiger partial charge in [-0.05, 0) is 22.3 Å². The van der Waals surface area contributed by atoms with E-state index in [0.717, 1.165) is 22.3 Å². The smallest absolute Gasteiger partial charge is 0.407 e. The first-order valence-electron chi connectivity index (χ1n) is 11.3. The molecule has 1 heterocycles. The van der Waals surface area contributed by atoms with E-state index in [2.05, 4.69) is 5.32 Å². The van der Waals surface area contributed by atoms with Crippen LogP contribution in [0.5, 0.6) is 0 Å². The van der Waals surface area contributed by atoms with Gasteiger partial charge in [0, 0.05) is 18.9 Å². The number of alkyl halides is 2. The minimum absolute atomic E-state index is 0.0528. The van der Waals surface area contributed by atoms with Crippen molar-refractivity contribution < 1.29 is 37.7 Å². The molecule has 2 aromatic rings. The monoisotopic (exact) mass is 488 g/mol. The van der Waals surface area contributed by atoms with Crippen LogP contribution in [0.4, 0.5) is 13.6 Å². The predicted molar refractivity (Wildman–Crippen MR) is 121 cm³/mol. The third kappa shape index (κ3) is 5.59. The number of benzene rings is 2. The molecule has 2 aliphatic rings. The van der Waals surface area contributed by atoms with Crippen molar-refractivity contribution in [2.75, 3.05) is 32.9 Å². The fourth-order valence-electron chi connectivity index (χ4n) is 4.58. The normalized spacial score (nSPS) is 18.1. The van der Waals surface area contributed by atoms with Gasteiger partial charge in [0.2, 0.25) is 5.91 Å². The van der Waals surface area contributed by atoms with Crippen LogP contribution in [0.15, 0.2) is 48.5 Å². The quantitative estimate of drug-likeness (QED) is 0.525. The number of likely N-dealkylation sites (tertiary alicyclic amines) is 1. The molecule has 0 bridgehead atoms. The van der Waals surface area contributed by atoms with E-state index >= 15 is 0 Å². The van der Waals surface area contributed by atoms with Crippen LogP contribution in [0.25, 0.3) is 11.1 Å². The van der Waals surface area contributed by atoms with Crippen LogP contribution in [0.1, 0.15) is 29.9 Å². The number of hydrogen-bond acceptors (Lipinski definition) is 5. The van der Waals surface area contributed by atoms with Gasteiger partial charge in [-0.15, -0.1) is 0 Å². The second-order valence-electron chi connectivity index (χ2n) is 8.55. The second kappa shape index (κ2) is 10.4. The summed E-state index contributed by atoms with van der Waals surface area (Å²) in [7, 11) is 0. The summed E-state index contributed by atoms with van der Waals surface area (Å²) < 4.78 is 37.7. The molecule has 35 heavy (non-hydrogen) atoms. The number of aliphatic carboxylic acids is 1. The van der Waals surface area contributed by atoms with Crippen molar-refractivity contribution in [3.63, 3.8) is 0 Å². The summed E-state index contributed by atoms with van der Waals surface area (Å²) in [6.07, 6.45) is -1.72. The van der Waals surface area contributed by atoms with Gasteiger partial charge in [-0.25, -0.2) is 18.4 Å². The molecule has 2 aromatic carbocycles. The molecule has 1 fully saturated rings. The molecular weight excluding hydrogens is 462 g/mol. The average molecular weight is 488 g/mol. The van der Waals surface area contributed by atoms with E-state index in [1.165, 1.54) is 0 Å². The number of halogens is 2. The molecule has 10 heteroatoms. The summed E-state index contributed by atoms with van der Waals surface area (Å²) in [5.74, 6) is -5.43. The lowest BCUT2D eigenvalue weighted by Crippen LogP contribution is -2.41. The molecule has 1 aliphatic carbocycles. The topological polar surface area (TPSA) is 105 Å². The number of hydrogen-bond donors (Lipinski definition) is 2. The van der Waals surface area contributed by atoms with Crippen LogP contribution < -0.4 is 5.32 Å². The highest BCUT2D eigenvalue weighted by atomic mass is 19.3. The Bertz CT molecular complexity index is 1060. The van der Waals surface area contributed by atoms with Crippen molar-refractivity contribution in [3.05, 3.63) is 59.7 Å². The first-order valence-corrected chi connectivity index (χ1v) is 11.3. The maximum absolute atomic E-state index is 13.5. The third-order valence-corrected chi connectivity index (χ3v) is 6.19.